The number of esters is 1. The van der Waals surface area contributed by atoms with Crippen LogP contribution in [0.15, 0.2) is 18.2 Å². The average molecular weight is 362 g/mol. The number of imide groups is 1. The molecule has 1 saturated heterocycles. The van der Waals surface area contributed by atoms with Crippen LogP contribution < -0.4 is 10.1 Å². The highest BCUT2D eigenvalue weighted by molar-refractivity contribution is 6.09. The van der Waals surface area contributed by atoms with E-state index in [4.69, 9.17) is 9.47 Å². The molecule has 1 heterocycles. The van der Waals surface area contributed by atoms with Crippen molar-refractivity contribution in [2.24, 2.45) is 0 Å². The van der Waals surface area contributed by atoms with Crippen molar-refractivity contribution in [3.8, 4) is 5.75 Å². The molecule has 0 aliphatic carbocycles. The van der Waals surface area contributed by atoms with Gasteiger partial charge in [0.25, 0.3) is 5.91 Å². The van der Waals surface area contributed by atoms with Crippen LogP contribution in [0, 0.1) is 6.92 Å². The summed E-state index contributed by atoms with van der Waals surface area (Å²) in [6.07, 6.45) is -0.0458. The summed E-state index contributed by atoms with van der Waals surface area (Å²) in [4.78, 5) is 38.9. The maximum atomic E-state index is 13.1. The lowest BCUT2D eigenvalue weighted by molar-refractivity contribution is -0.156. The normalized spacial score (nSPS) is 21.0. The number of aryl methyl sites for hydroxylation is 1. The number of urea groups is 1. The topological polar surface area (TPSA) is 84.9 Å². The van der Waals surface area contributed by atoms with Crippen LogP contribution >= 0.6 is 0 Å². The van der Waals surface area contributed by atoms with Gasteiger partial charge in [-0.1, -0.05) is 13.0 Å². The highest BCUT2D eigenvalue weighted by Crippen LogP contribution is 2.33. The Labute approximate surface area is 153 Å². The van der Waals surface area contributed by atoms with Gasteiger partial charge in [-0.3, -0.25) is 4.79 Å². The molecule has 2 unspecified atom stereocenters. The van der Waals surface area contributed by atoms with Gasteiger partial charge in [-0.25, -0.2) is 14.5 Å². The van der Waals surface area contributed by atoms with E-state index in [9.17, 15) is 14.4 Å². The predicted molar refractivity (Wildman–Crippen MR) is 95.8 cm³/mol. The summed E-state index contributed by atoms with van der Waals surface area (Å²) >= 11 is 0. The molecule has 0 radical (unpaired) electrons. The molecule has 1 aromatic carbocycles. The maximum Gasteiger partial charge on any atom is 0.329 e. The van der Waals surface area contributed by atoms with Gasteiger partial charge in [0.05, 0.1) is 13.2 Å². The first-order valence-electron chi connectivity index (χ1n) is 8.67. The highest BCUT2D eigenvalue weighted by atomic mass is 16.5. The number of hydrogen-bond donors (Lipinski definition) is 1. The molecule has 0 bridgehead atoms. The lowest BCUT2D eigenvalue weighted by Gasteiger charge is -2.26. The number of nitrogens with one attached hydrogen (secondary N) is 1. The van der Waals surface area contributed by atoms with Crippen LogP contribution in [0.4, 0.5) is 4.79 Å². The van der Waals surface area contributed by atoms with E-state index < -0.39 is 29.5 Å². The second-order valence-electron chi connectivity index (χ2n) is 6.82. The Morgan fingerprint density at radius 2 is 1.96 bits per heavy atom. The quantitative estimate of drug-likeness (QED) is 0.621. The fraction of sp³-hybridized carbons (Fsp3) is 0.526. The number of rotatable bonds is 6. The van der Waals surface area contributed by atoms with Crippen molar-refractivity contribution >= 4 is 17.9 Å². The van der Waals surface area contributed by atoms with E-state index in [1.165, 1.54) is 0 Å². The van der Waals surface area contributed by atoms with Crippen molar-refractivity contribution in [1.82, 2.24) is 10.2 Å². The Balaban J connectivity index is 2.37. The second-order valence-corrected chi connectivity index (χ2v) is 6.82. The van der Waals surface area contributed by atoms with E-state index >= 15 is 0 Å². The number of hydrogen-bond acceptors (Lipinski definition) is 5. The number of nitrogens with zero attached hydrogens (tertiary/aromatic N) is 1. The van der Waals surface area contributed by atoms with Crippen molar-refractivity contribution in [3.63, 3.8) is 0 Å². The number of ether oxygens (including phenoxy) is 2. The fourth-order valence-electron chi connectivity index (χ4n) is 3.09. The summed E-state index contributed by atoms with van der Waals surface area (Å²) in [5.74, 6) is -0.362. The molecule has 1 aliphatic heterocycles. The summed E-state index contributed by atoms with van der Waals surface area (Å²) in [5, 5.41) is 2.72. The van der Waals surface area contributed by atoms with Crippen molar-refractivity contribution in [3.05, 3.63) is 29.3 Å². The molecule has 2 rings (SSSR count). The Hall–Kier alpha value is -2.57. The third-order valence-electron chi connectivity index (χ3n) is 4.52. The minimum atomic E-state index is -1.25. The van der Waals surface area contributed by atoms with Crippen molar-refractivity contribution < 1.29 is 23.9 Å². The zero-order chi connectivity index (χ0) is 19.6. The molecular weight excluding hydrogens is 336 g/mol. The molecule has 7 nitrogen and oxygen atoms in total. The first kappa shape index (κ1) is 19.8. The van der Waals surface area contributed by atoms with Crippen molar-refractivity contribution in [1.29, 1.82) is 0 Å². The zero-order valence-corrected chi connectivity index (χ0v) is 16.1. The third-order valence-corrected chi connectivity index (χ3v) is 4.52. The summed E-state index contributed by atoms with van der Waals surface area (Å²) in [7, 11) is 1.57. The van der Waals surface area contributed by atoms with Crippen LogP contribution in [0.25, 0.3) is 0 Å². The van der Waals surface area contributed by atoms with Crippen LogP contribution in [0.1, 0.15) is 45.2 Å². The minimum Gasteiger partial charge on any atom is -0.496 e. The lowest BCUT2D eigenvalue weighted by Crippen LogP contribution is -2.47. The number of benzene rings is 1. The molecule has 7 heteroatoms. The van der Waals surface area contributed by atoms with Gasteiger partial charge in [0.15, 0.2) is 0 Å². The fourth-order valence-corrected chi connectivity index (χ4v) is 3.09. The van der Waals surface area contributed by atoms with E-state index in [1.807, 2.05) is 6.92 Å². The Kier molecular flexibility index (Phi) is 5.59. The van der Waals surface area contributed by atoms with E-state index in [0.29, 0.717) is 11.3 Å². The second kappa shape index (κ2) is 7.35. The molecule has 26 heavy (non-hydrogen) atoms. The first-order chi connectivity index (χ1) is 12.2. The first-order valence-corrected chi connectivity index (χ1v) is 8.67. The molecule has 1 aromatic rings. The minimum absolute atomic E-state index is 0.280. The van der Waals surface area contributed by atoms with Gasteiger partial charge in [-0.2, -0.15) is 0 Å². The molecule has 2 atom stereocenters. The third kappa shape index (κ3) is 3.38. The van der Waals surface area contributed by atoms with Gasteiger partial charge < -0.3 is 14.8 Å². The Bertz CT molecular complexity index is 731. The molecular formula is C19H26N2O5. The molecule has 1 aliphatic rings. The molecule has 142 valence electrons. The van der Waals surface area contributed by atoms with Gasteiger partial charge in [0.2, 0.25) is 0 Å². The molecule has 0 aromatic heterocycles. The zero-order valence-electron chi connectivity index (χ0n) is 16.1. The van der Waals surface area contributed by atoms with Gasteiger partial charge in [-0.15, -0.1) is 0 Å². The van der Waals surface area contributed by atoms with Gasteiger partial charge in [0.1, 0.15) is 17.3 Å². The van der Waals surface area contributed by atoms with Gasteiger partial charge in [-0.05, 0) is 57.4 Å². The molecule has 3 amide bonds. The smallest absolute Gasteiger partial charge is 0.329 e. The monoisotopic (exact) mass is 362 g/mol. The van der Waals surface area contributed by atoms with Crippen LogP contribution in [-0.4, -0.2) is 42.1 Å². The van der Waals surface area contributed by atoms with E-state index in [-0.39, 0.29) is 12.5 Å². The number of amides is 3. The SMILES string of the molecule is CCC(C(=O)OC(C)C)N1C(=O)NC(C)(c2ccc(OC)c(C)c2)C1=O. The highest BCUT2D eigenvalue weighted by Gasteiger charge is 2.52. The van der Waals surface area contributed by atoms with Crippen LogP contribution in [0.5, 0.6) is 5.75 Å². The van der Waals surface area contributed by atoms with Gasteiger partial charge in [0, 0.05) is 0 Å². The average Bonchev–Trinajstić information content (AvgIpc) is 2.79. The van der Waals surface area contributed by atoms with Crippen molar-refractivity contribution in [2.45, 2.75) is 58.7 Å². The molecule has 0 saturated carbocycles. The predicted octanol–water partition coefficient (Wildman–Crippen LogP) is 2.50. The summed E-state index contributed by atoms with van der Waals surface area (Å²) in [6.45, 7) is 8.68. The van der Waals surface area contributed by atoms with Crippen molar-refractivity contribution in [2.75, 3.05) is 7.11 Å². The Morgan fingerprint density at radius 1 is 1.31 bits per heavy atom. The molecule has 1 fully saturated rings. The van der Waals surface area contributed by atoms with Gasteiger partial charge >= 0.3 is 12.0 Å². The lowest BCUT2D eigenvalue weighted by atomic mass is 9.90. The largest absolute Gasteiger partial charge is 0.496 e. The van der Waals surface area contributed by atoms with E-state index in [1.54, 1.807) is 53.0 Å². The maximum absolute atomic E-state index is 13.1. The molecule has 0 spiro atoms. The Morgan fingerprint density at radius 3 is 2.46 bits per heavy atom. The number of carbonyl (C=O) groups is 3. The number of carbonyl (C=O) groups excluding carboxylic acids is 3. The van der Waals surface area contributed by atoms with Crippen LogP contribution in [0.2, 0.25) is 0 Å². The summed E-state index contributed by atoms with van der Waals surface area (Å²) in [6, 6.07) is 3.74. The van der Waals surface area contributed by atoms with Crippen LogP contribution in [-0.2, 0) is 19.9 Å². The van der Waals surface area contributed by atoms with E-state index in [2.05, 4.69) is 5.32 Å². The summed E-state index contributed by atoms with van der Waals surface area (Å²) < 4.78 is 10.5. The summed E-state index contributed by atoms with van der Waals surface area (Å²) in [5.41, 5.74) is 0.223. The standard InChI is InChI=1S/C19H26N2O5/c1-7-14(16(22)26-11(2)3)21-17(23)19(5,20-18(21)24)13-8-9-15(25-6)12(4)10-13/h8-11,14H,7H2,1-6H3,(H,20,24). The number of methoxy groups -OCH3 is 1. The molecule has 1 N–H and O–H groups in total. The van der Waals surface area contributed by atoms with Crippen LogP contribution in [0.3, 0.4) is 0 Å². The van der Waals surface area contributed by atoms with E-state index in [0.717, 1.165) is 10.5 Å².